The van der Waals surface area contributed by atoms with Gasteiger partial charge in [0.25, 0.3) is 0 Å². The summed E-state index contributed by atoms with van der Waals surface area (Å²) in [5, 5.41) is 0. The topological polar surface area (TPSA) is 42.1 Å². The Morgan fingerprint density at radius 2 is 1.93 bits per heavy atom. The fourth-order valence-electron chi connectivity index (χ4n) is 4.13. The summed E-state index contributed by atoms with van der Waals surface area (Å²) < 4.78 is 12.9. The van der Waals surface area contributed by atoms with E-state index in [1.54, 1.807) is 0 Å². The highest BCUT2D eigenvalue weighted by Crippen LogP contribution is 2.46. The van der Waals surface area contributed by atoms with E-state index in [-0.39, 0.29) is 17.7 Å². The maximum absolute atomic E-state index is 13.1. The number of amides is 1. The zero-order valence-electron chi connectivity index (χ0n) is 16.6. The predicted octanol–water partition coefficient (Wildman–Crippen LogP) is 5.74. The van der Waals surface area contributed by atoms with Gasteiger partial charge in [0.2, 0.25) is 0 Å². The highest BCUT2D eigenvalue weighted by atomic mass is 79.9. The van der Waals surface area contributed by atoms with Crippen LogP contribution in [0.4, 0.5) is 4.79 Å². The number of carbonyl (C=O) groups is 1. The summed E-state index contributed by atoms with van der Waals surface area (Å²) in [5.41, 5.74) is 2.49. The lowest BCUT2D eigenvalue weighted by Gasteiger charge is -2.44. The fraction of sp³-hybridized carbons (Fsp3) is 0.435. The monoisotopic (exact) mass is 443 g/mol. The van der Waals surface area contributed by atoms with Crippen molar-refractivity contribution in [2.75, 3.05) is 13.2 Å². The van der Waals surface area contributed by atoms with E-state index < -0.39 is 5.60 Å². The van der Waals surface area contributed by atoms with Crippen molar-refractivity contribution < 1.29 is 14.3 Å². The average molecular weight is 444 g/mol. The number of halogens is 1. The molecule has 2 aliphatic heterocycles. The summed E-state index contributed by atoms with van der Waals surface area (Å²) in [7, 11) is 0. The van der Waals surface area contributed by atoms with Crippen LogP contribution in [0.2, 0.25) is 0 Å². The van der Waals surface area contributed by atoms with Gasteiger partial charge in [0, 0.05) is 23.9 Å². The van der Waals surface area contributed by atoms with Gasteiger partial charge in [-0.3, -0.25) is 0 Å². The van der Waals surface area contributed by atoms with Crippen LogP contribution in [-0.2, 0) is 15.1 Å². The van der Waals surface area contributed by atoms with E-state index in [0.717, 1.165) is 34.2 Å². The molecule has 5 heteroatoms. The second kappa shape index (κ2) is 7.20. The van der Waals surface area contributed by atoms with Gasteiger partial charge in [-0.1, -0.05) is 58.4 Å². The summed E-state index contributed by atoms with van der Waals surface area (Å²) in [6.45, 7) is 7.58. The molecule has 28 heavy (non-hydrogen) atoms. The number of hydrogen-bond acceptors (Lipinski definition) is 3. The quantitative estimate of drug-likeness (QED) is 0.553. The second-order valence-corrected chi connectivity index (χ2v) is 9.13. The SMILES string of the molecule is Cc1cc([C@H](C)N2CCC(C[C@@]3(C)CO3)(c3ccccc3)OC2=O)ccc1Br. The lowest BCUT2D eigenvalue weighted by molar-refractivity contribution is -0.0750. The second-order valence-electron chi connectivity index (χ2n) is 8.27. The third kappa shape index (κ3) is 3.70. The number of ether oxygens (including phenoxy) is 2. The van der Waals surface area contributed by atoms with E-state index in [1.807, 2.05) is 29.2 Å². The average Bonchev–Trinajstić information content (AvgIpc) is 3.40. The molecule has 2 saturated heterocycles. The Labute approximate surface area is 175 Å². The number of benzene rings is 2. The number of aryl methyl sites for hydroxylation is 1. The number of hydrogen-bond donors (Lipinski definition) is 0. The minimum atomic E-state index is -0.630. The molecule has 3 atom stereocenters. The smallest absolute Gasteiger partial charge is 0.411 e. The third-order valence-electron chi connectivity index (χ3n) is 6.00. The van der Waals surface area contributed by atoms with E-state index in [1.165, 1.54) is 0 Å². The van der Waals surface area contributed by atoms with Crippen LogP contribution in [0.3, 0.4) is 0 Å². The third-order valence-corrected chi connectivity index (χ3v) is 6.89. The first-order valence-corrected chi connectivity index (χ1v) is 10.6. The Morgan fingerprint density at radius 1 is 1.21 bits per heavy atom. The van der Waals surface area contributed by atoms with Gasteiger partial charge in [-0.05, 0) is 43.5 Å². The number of carbonyl (C=O) groups excluding carboxylic acids is 1. The largest absolute Gasteiger partial charge is 0.438 e. The molecule has 4 nitrogen and oxygen atoms in total. The maximum atomic E-state index is 13.1. The summed E-state index contributed by atoms with van der Waals surface area (Å²) in [6.07, 6.45) is 1.18. The minimum absolute atomic E-state index is 0.0409. The van der Waals surface area contributed by atoms with Crippen LogP contribution in [0.15, 0.2) is 53.0 Å². The standard InChI is InChI=1S/C23H26BrNO3/c1-16-13-18(9-10-20(16)24)17(2)25-12-11-23(28-21(25)26,14-22(3)15-27-22)19-7-5-4-6-8-19/h4-10,13,17H,11-12,14-15H2,1-3H3/t17-,22-,23?/m0/s1. The van der Waals surface area contributed by atoms with Crippen molar-refractivity contribution in [3.63, 3.8) is 0 Å². The zero-order valence-corrected chi connectivity index (χ0v) is 18.2. The van der Waals surface area contributed by atoms with Gasteiger partial charge in [0.1, 0.15) is 5.60 Å². The molecule has 4 rings (SSSR count). The van der Waals surface area contributed by atoms with Gasteiger partial charge < -0.3 is 14.4 Å². The van der Waals surface area contributed by atoms with Crippen LogP contribution in [0.25, 0.3) is 0 Å². The number of cyclic esters (lactones) is 1. The van der Waals surface area contributed by atoms with Crippen molar-refractivity contribution >= 4 is 22.0 Å². The molecule has 0 aromatic heterocycles. The van der Waals surface area contributed by atoms with E-state index in [2.05, 4.69) is 61.0 Å². The molecule has 2 heterocycles. The zero-order chi connectivity index (χ0) is 19.9. The summed E-state index contributed by atoms with van der Waals surface area (Å²) in [4.78, 5) is 14.9. The molecule has 0 spiro atoms. The van der Waals surface area contributed by atoms with Gasteiger partial charge in [0.15, 0.2) is 0 Å². The summed E-state index contributed by atoms with van der Waals surface area (Å²) in [6, 6.07) is 16.3. The first-order chi connectivity index (χ1) is 13.3. The molecule has 0 bridgehead atoms. The van der Waals surface area contributed by atoms with Crippen LogP contribution >= 0.6 is 15.9 Å². The van der Waals surface area contributed by atoms with E-state index in [9.17, 15) is 4.79 Å². The number of epoxide rings is 1. The lowest BCUT2D eigenvalue weighted by Crippen LogP contribution is -2.50. The first-order valence-electron chi connectivity index (χ1n) is 9.77. The van der Waals surface area contributed by atoms with Crippen molar-refractivity contribution in [2.45, 2.75) is 50.9 Å². The van der Waals surface area contributed by atoms with E-state index in [4.69, 9.17) is 9.47 Å². The van der Waals surface area contributed by atoms with Gasteiger partial charge in [-0.25, -0.2) is 4.79 Å². The predicted molar refractivity (Wildman–Crippen MR) is 112 cm³/mol. The number of nitrogens with zero attached hydrogens (tertiary/aromatic N) is 1. The van der Waals surface area contributed by atoms with Crippen LogP contribution < -0.4 is 0 Å². The highest BCUT2D eigenvalue weighted by Gasteiger charge is 2.52. The highest BCUT2D eigenvalue weighted by molar-refractivity contribution is 9.10. The lowest BCUT2D eigenvalue weighted by atomic mass is 9.81. The summed E-state index contributed by atoms with van der Waals surface area (Å²) >= 11 is 3.54. The van der Waals surface area contributed by atoms with Crippen LogP contribution in [-0.4, -0.2) is 29.7 Å². The molecular formula is C23H26BrNO3. The van der Waals surface area contributed by atoms with Crippen molar-refractivity contribution in [3.8, 4) is 0 Å². The van der Waals surface area contributed by atoms with Crippen molar-refractivity contribution in [3.05, 3.63) is 69.7 Å². The molecule has 2 aliphatic rings. The molecule has 0 N–H and O–H groups in total. The molecule has 2 aromatic rings. The molecule has 2 aromatic carbocycles. The Kier molecular flexibility index (Phi) is 5.00. The Balaban J connectivity index is 1.58. The molecule has 0 aliphatic carbocycles. The normalized spacial score (nSPS) is 28.0. The molecular weight excluding hydrogens is 418 g/mol. The van der Waals surface area contributed by atoms with Crippen LogP contribution in [0.5, 0.6) is 0 Å². The Bertz CT molecular complexity index is 881. The van der Waals surface area contributed by atoms with Gasteiger partial charge in [0.05, 0.1) is 18.2 Å². The molecule has 0 radical (unpaired) electrons. The van der Waals surface area contributed by atoms with Crippen molar-refractivity contribution in [1.29, 1.82) is 0 Å². The molecule has 1 amide bonds. The Hall–Kier alpha value is -1.85. The molecule has 2 fully saturated rings. The maximum Gasteiger partial charge on any atom is 0.411 e. The Morgan fingerprint density at radius 3 is 2.54 bits per heavy atom. The van der Waals surface area contributed by atoms with E-state index >= 15 is 0 Å². The van der Waals surface area contributed by atoms with Crippen LogP contribution in [0.1, 0.15) is 49.4 Å². The fourth-order valence-corrected chi connectivity index (χ4v) is 4.38. The van der Waals surface area contributed by atoms with Gasteiger partial charge in [-0.2, -0.15) is 0 Å². The molecule has 148 valence electrons. The molecule has 0 saturated carbocycles. The molecule has 1 unspecified atom stereocenters. The summed E-state index contributed by atoms with van der Waals surface area (Å²) in [5.74, 6) is 0. The van der Waals surface area contributed by atoms with Gasteiger partial charge in [-0.15, -0.1) is 0 Å². The van der Waals surface area contributed by atoms with Crippen molar-refractivity contribution in [2.24, 2.45) is 0 Å². The van der Waals surface area contributed by atoms with E-state index in [0.29, 0.717) is 13.0 Å². The first kappa shape index (κ1) is 19.5. The van der Waals surface area contributed by atoms with Crippen LogP contribution in [0, 0.1) is 6.92 Å². The number of rotatable bonds is 5. The van der Waals surface area contributed by atoms with Gasteiger partial charge >= 0.3 is 6.09 Å². The van der Waals surface area contributed by atoms with Crippen molar-refractivity contribution in [1.82, 2.24) is 4.90 Å². The minimum Gasteiger partial charge on any atom is -0.438 e.